The SMILES string of the molecule is Cl.N[C@@H]1CCN(S(=O)(=O)N2CCCCCC2)C1. The van der Waals surface area contributed by atoms with Crippen LogP contribution >= 0.6 is 12.4 Å². The van der Waals surface area contributed by atoms with Gasteiger partial charge in [-0.2, -0.15) is 17.0 Å². The van der Waals surface area contributed by atoms with Gasteiger partial charge in [-0.15, -0.1) is 12.4 Å². The van der Waals surface area contributed by atoms with Crippen LogP contribution in [0, 0.1) is 0 Å². The molecule has 2 rings (SSSR count). The van der Waals surface area contributed by atoms with Gasteiger partial charge in [0.1, 0.15) is 0 Å². The second-order valence-corrected chi connectivity index (χ2v) is 6.66. The van der Waals surface area contributed by atoms with Crippen molar-refractivity contribution in [2.45, 2.75) is 38.1 Å². The summed E-state index contributed by atoms with van der Waals surface area (Å²) in [5, 5.41) is 0. The van der Waals surface area contributed by atoms with Crippen molar-refractivity contribution in [3.63, 3.8) is 0 Å². The van der Waals surface area contributed by atoms with Gasteiger partial charge in [0.05, 0.1) is 0 Å². The number of hydrogen-bond acceptors (Lipinski definition) is 3. The van der Waals surface area contributed by atoms with Gasteiger partial charge in [-0.25, -0.2) is 0 Å². The normalized spacial score (nSPS) is 28.6. The van der Waals surface area contributed by atoms with Crippen molar-refractivity contribution in [3.8, 4) is 0 Å². The summed E-state index contributed by atoms with van der Waals surface area (Å²) in [5.74, 6) is 0. The Balaban J connectivity index is 0.00000144. The zero-order chi connectivity index (χ0) is 11.6. The van der Waals surface area contributed by atoms with Crippen LogP contribution in [0.25, 0.3) is 0 Å². The van der Waals surface area contributed by atoms with Crippen LogP contribution in [0.1, 0.15) is 32.1 Å². The van der Waals surface area contributed by atoms with E-state index in [0.717, 1.165) is 32.1 Å². The van der Waals surface area contributed by atoms with Gasteiger partial charge < -0.3 is 5.73 Å². The van der Waals surface area contributed by atoms with Gasteiger partial charge in [0.25, 0.3) is 10.2 Å². The standard InChI is InChI=1S/C10H21N3O2S.ClH/c11-10-5-8-13(9-10)16(14,15)12-6-3-1-2-4-7-12;/h10H,1-9,11H2;1H/t10-;/m1./s1. The van der Waals surface area contributed by atoms with Crippen LogP contribution in [-0.4, -0.2) is 49.2 Å². The molecule has 102 valence electrons. The smallest absolute Gasteiger partial charge is 0.282 e. The molecule has 2 heterocycles. The topological polar surface area (TPSA) is 66.6 Å². The maximum atomic E-state index is 12.3. The second-order valence-electron chi connectivity index (χ2n) is 4.73. The van der Waals surface area contributed by atoms with E-state index in [1.807, 2.05) is 0 Å². The van der Waals surface area contributed by atoms with Crippen LogP contribution in [0.4, 0.5) is 0 Å². The zero-order valence-corrected chi connectivity index (χ0v) is 11.7. The van der Waals surface area contributed by atoms with Crippen LogP contribution < -0.4 is 5.73 Å². The minimum absolute atomic E-state index is 0. The summed E-state index contributed by atoms with van der Waals surface area (Å²) in [6.07, 6.45) is 5.04. The minimum atomic E-state index is -3.23. The number of nitrogens with zero attached hydrogens (tertiary/aromatic N) is 2. The van der Waals surface area contributed by atoms with E-state index >= 15 is 0 Å². The minimum Gasteiger partial charge on any atom is -0.326 e. The van der Waals surface area contributed by atoms with Crippen molar-refractivity contribution < 1.29 is 8.42 Å². The van der Waals surface area contributed by atoms with Crippen LogP contribution in [-0.2, 0) is 10.2 Å². The molecule has 0 saturated carbocycles. The molecule has 5 nitrogen and oxygen atoms in total. The van der Waals surface area contributed by atoms with Crippen molar-refractivity contribution in [1.82, 2.24) is 8.61 Å². The molecule has 0 radical (unpaired) electrons. The number of halogens is 1. The first kappa shape index (κ1) is 15.2. The molecule has 0 aliphatic carbocycles. The summed E-state index contributed by atoms with van der Waals surface area (Å²) in [5.41, 5.74) is 5.76. The van der Waals surface area contributed by atoms with E-state index in [1.165, 1.54) is 0 Å². The lowest BCUT2D eigenvalue weighted by atomic mass is 10.2. The molecule has 0 amide bonds. The highest BCUT2D eigenvalue weighted by atomic mass is 35.5. The molecule has 0 aromatic heterocycles. The Hall–Kier alpha value is 0.120. The van der Waals surface area contributed by atoms with Crippen molar-refractivity contribution >= 4 is 22.6 Å². The summed E-state index contributed by atoms with van der Waals surface area (Å²) in [7, 11) is -3.23. The summed E-state index contributed by atoms with van der Waals surface area (Å²) in [6, 6.07) is 0.0155. The maximum Gasteiger partial charge on any atom is 0.282 e. The molecule has 0 unspecified atom stereocenters. The Morgan fingerprint density at radius 1 is 0.941 bits per heavy atom. The van der Waals surface area contributed by atoms with Gasteiger partial charge >= 0.3 is 0 Å². The maximum absolute atomic E-state index is 12.3. The van der Waals surface area contributed by atoms with Gasteiger partial charge in [-0.3, -0.25) is 0 Å². The highest BCUT2D eigenvalue weighted by Crippen LogP contribution is 2.19. The van der Waals surface area contributed by atoms with Gasteiger partial charge in [-0.05, 0) is 19.3 Å². The quantitative estimate of drug-likeness (QED) is 0.805. The van der Waals surface area contributed by atoms with Gasteiger partial charge in [0.2, 0.25) is 0 Å². The summed E-state index contributed by atoms with van der Waals surface area (Å²) in [4.78, 5) is 0. The van der Waals surface area contributed by atoms with Crippen molar-refractivity contribution in [2.75, 3.05) is 26.2 Å². The Morgan fingerprint density at radius 3 is 2.00 bits per heavy atom. The molecule has 7 heteroatoms. The van der Waals surface area contributed by atoms with E-state index in [9.17, 15) is 8.42 Å². The Kier molecular flexibility index (Phi) is 5.66. The monoisotopic (exact) mass is 283 g/mol. The molecule has 2 fully saturated rings. The van der Waals surface area contributed by atoms with E-state index < -0.39 is 10.2 Å². The number of nitrogens with two attached hydrogens (primary N) is 1. The van der Waals surface area contributed by atoms with E-state index in [-0.39, 0.29) is 18.4 Å². The zero-order valence-electron chi connectivity index (χ0n) is 10.0. The van der Waals surface area contributed by atoms with E-state index in [2.05, 4.69) is 0 Å². The third-order valence-electron chi connectivity index (χ3n) is 3.41. The molecule has 2 saturated heterocycles. The fourth-order valence-electron chi connectivity index (χ4n) is 2.40. The molecular formula is C10H22ClN3O2S. The largest absolute Gasteiger partial charge is 0.326 e. The number of rotatable bonds is 2. The lowest BCUT2D eigenvalue weighted by Crippen LogP contribution is -2.44. The molecule has 17 heavy (non-hydrogen) atoms. The highest BCUT2D eigenvalue weighted by molar-refractivity contribution is 7.86. The molecule has 0 aromatic rings. The van der Waals surface area contributed by atoms with Gasteiger partial charge in [0, 0.05) is 32.2 Å². The van der Waals surface area contributed by atoms with E-state index in [0.29, 0.717) is 26.2 Å². The highest BCUT2D eigenvalue weighted by Gasteiger charge is 2.34. The summed E-state index contributed by atoms with van der Waals surface area (Å²) in [6.45, 7) is 2.42. The van der Waals surface area contributed by atoms with Gasteiger partial charge in [0.15, 0.2) is 0 Å². The van der Waals surface area contributed by atoms with E-state index in [4.69, 9.17) is 5.73 Å². The lowest BCUT2D eigenvalue weighted by molar-refractivity contribution is 0.365. The average molecular weight is 284 g/mol. The lowest BCUT2D eigenvalue weighted by Gasteiger charge is -2.25. The van der Waals surface area contributed by atoms with Crippen LogP contribution in [0.15, 0.2) is 0 Å². The van der Waals surface area contributed by atoms with Crippen LogP contribution in [0.5, 0.6) is 0 Å². The number of hydrogen-bond donors (Lipinski definition) is 1. The van der Waals surface area contributed by atoms with Crippen molar-refractivity contribution in [2.24, 2.45) is 5.73 Å². The first-order valence-corrected chi connectivity index (χ1v) is 7.51. The summed E-state index contributed by atoms with van der Waals surface area (Å²) < 4.78 is 27.7. The predicted octanol–water partition coefficient (Wildman–Crippen LogP) is 0.562. The first-order chi connectivity index (χ1) is 7.60. The van der Waals surface area contributed by atoms with E-state index in [1.54, 1.807) is 8.61 Å². The molecule has 0 spiro atoms. The van der Waals surface area contributed by atoms with Crippen LogP contribution in [0.3, 0.4) is 0 Å². The fourth-order valence-corrected chi connectivity index (χ4v) is 4.16. The molecule has 2 aliphatic heterocycles. The second kappa shape index (κ2) is 6.33. The Labute approximate surface area is 110 Å². The molecule has 0 aromatic carbocycles. The van der Waals surface area contributed by atoms with Crippen molar-refractivity contribution in [1.29, 1.82) is 0 Å². The van der Waals surface area contributed by atoms with Gasteiger partial charge in [-0.1, -0.05) is 12.8 Å². The predicted molar refractivity (Wildman–Crippen MR) is 70.4 cm³/mol. The Bertz CT molecular complexity index is 328. The molecule has 0 bridgehead atoms. The van der Waals surface area contributed by atoms with Crippen molar-refractivity contribution in [3.05, 3.63) is 0 Å². The molecule has 2 N–H and O–H groups in total. The van der Waals surface area contributed by atoms with Crippen LogP contribution in [0.2, 0.25) is 0 Å². The third-order valence-corrected chi connectivity index (χ3v) is 5.41. The molecule has 1 atom stereocenters. The molecular weight excluding hydrogens is 262 g/mol. The first-order valence-electron chi connectivity index (χ1n) is 6.11. The Morgan fingerprint density at radius 2 is 1.53 bits per heavy atom. The molecule has 2 aliphatic rings. The fraction of sp³-hybridized carbons (Fsp3) is 1.00. The summed E-state index contributed by atoms with van der Waals surface area (Å²) >= 11 is 0. The third kappa shape index (κ3) is 3.54. The average Bonchev–Trinajstić information content (AvgIpc) is 2.54.